The number of rotatable bonds is 4. The summed E-state index contributed by atoms with van der Waals surface area (Å²) in [5.41, 5.74) is -0.437. The molecule has 7 nitrogen and oxygen atoms in total. The summed E-state index contributed by atoms with van der Waals surface area (Å²) in [6.45, 7) is 1.83. The van der Waals surface area contributed by atoms with Crippen molar-refractivity contribution in [2.24, 2.45) is 0 Å². The minimum Gasteiger partial charge on any atom is -0.349 e. The van der Waals surface area contributed by atoms with E-state index in [1.54, 1.807) is 12.4 Å². The van der Waals surface area contributed by atoms with Crippen LogP contribution in [-0.2, 0) is 6.42 Å². The van der Waals surface area contributed by atoms with Gasteiger partial charge in [0.15, 0.2) is 0 Å². The maximum atomic E-state index is 11.9. The topological polar surface area (TPSA) is 108 Å². The molecule has 104 valence electrons. The predicted molar refractivity (Wildman–Crippen MR) is 72.6 cm³/mol. The standard InChI is InChI=1S/C13H14N4O3/c1-8(6-9-2-4-14-5-3-9)16-11(18)10-7-15-13(20)17-12(10)19/h2-5,7-8H,6H2,1H3,(H,16,18)(H2,15,17,19,20)/t8-/m1/s1. The molecule has 0 aromatic carbocycles. The number of nitrogens with zero attached hydrogens (tertiary/aromatic N) is 1. The highest BCUT2D eigenvalue weighted by Crippen LogP contribution is 2.01. The molecule has 0 fully saturated rings. The Kier molecular flexibility index (Phi) is 4.09. The number of carbonyl (C=O) groups excluding carboxylic acids is 1. The summed E-state index contributed by atoms with van der Waals surface area (Å²) in [7, 11) is 0. The lowest BCUT2D eigenvalue weighted by atomic mass is 10.1. The molecule has 2 aromatic heterocycles. The maximum absolute atomic E-state index is 11.9. The average molecular weight is 274 g/mol. The van der Waals surface area contributed by atoms with Gasteiger partial charge in [-0.15, -0.1) is 0 Å². The van der Waals surface area contributed by atoms with Gasteiger partial charge in [0.25, 0.3) is 11.5 Å². The van der Waals surface area contributed by atoms with Crippen molar-refractivity contribution in [1.82, 2.24) is 20.3 Å². The number of aromatic amines is 2. The molecule has 0 aliphatic heterocycles. The van der Waals surface area contributed by atoms with Crippen LogP contribution in [0.3, 0.4) is 0 Å². The summed E-state index contributed by atoms with van der Waals surface area (Å²) in [5, 5.41) is 2.70. The van der Waals surface area contributed by atoms with Crippen LogP contribution < -0.4 is 16.6 Å². The molecule has 0 bridgehead atoms. The van der Waals surface area contributed by atoms with Gasteiger partial charge < -0.3 is 10.3 Å². The fourth-order valence-corrected chi connectivity index (χ4v) is 1.80. The zero-order chi connectivity index (χ0) is 14.5. The average Bonchev–Trinajstić information content (AvgIpc) is 2.39. The van der Waals surface area contributed by atoms with Crippen molar-refractivity contribution in [3.05, 3.63) is 62.7 Å². The van der Waals surface area contributed by atoms with Gasteiger partial charge in [0.1, 0.15) is 5.56 Å². The monoisotopic (exact) mass is 274 g/mol. The van der Waals surface area contributed by atoms with Crippen LogP contribution in [0.15, 0.2) is 40.3 Å². The Balaban J connectivity index is 2.04. The highest BCUT2D eigenvalue weighted by Gasteiger charge is 2.13. The van der Waals surface area contributed by atoms with Gasteiger partial charge in [-0.05, 0) is 31.0 Å². The Morgan fingerprint density at radius 3 is 2.70 bits per heavy atom. The van der Waals surface area contributed by atoms with E-state index in [0.717, 1.165) is 11.8 Å². The zero-order valence-electron chi connectivity index (χ0n) is 10.8. The molecule has 7 heteroatoms. The van der Waals surface area contributed by atoms with Gasteiger partial charge in [0.05, 0.1) is 0 Å². The Morgan fingerprint density at radius 1 is 1.35 bits per heavy atom. The Bertz CT molecular complexity index is 705. The molecule has 20 heavy (non-hydrogen) atoms. The van der Waals surface area contributed by atoms with E-state index in [-0.39, 0.29) is 11.6 Å². The largest absolute Gasteiger partial charge is 0.349 e. The Morgan fingerprint density at radius 2 is 2.05 bits per heavy atom. The van der Waals surface area contributed by atoms with Gasteiger partial charge >= 0.3 is 5.69 Å². The molecule has 1 atom stereocenters. The minimum atomic E-state index is -0.706. The minimum absolute atomic E-state index is 0.119. The first-order valence-electron chi connectivity index (χ1n) is 6.08. The highest BCUT2D eigenvalue weighted by molar-refractivity contribution is 5.93. The highest BCUT2D eigenvalue weighted by atomic mass is 16.2. The van der Waals surface area contributed by atoms with Gasteiger partial charge in [-0.1, -0.05) is 0 Å². The van der Waals surface area contributed by atoms with E-state index in [2.05, 4.69) is 15.3 Å². The number of hydrogen-bond donors (Lipinski definition) is 3. The number of H-pyrrole nitrogens is 2. The van der Waals surface area contributed by atoms with E-state index in [9.17, 15) is 14.4 Å². The van der Waals surface area contributed by atoms with Gasteiger partial charge in [0, 0.05) is 24.6 Å². The van der Waals surface area contributed by atoms with Crippen LogP contribution in [0.25, 0.3) is 0 Å². The third-order valence-corrected chi connectivity index (χ3v) is 2.73. The van der Waals surface area contributed by atoms with Crippen LogP contribution in [0.5, 0.6) is 0 Å². The smallest absolute Gasteiger partial charge is 0.325 e. The SMILES string of the molecule is C[C@H](Cc1ccncc1)NC(=O)c1c[nH]c(=O)[nH]c1=O. The molecule has 1 amide bonds. The fraction of sp³-hybridized carbons (Fsp3) is 0.231. The molecule has 0 saturated carbocycles. The molecule has 0 spiro atoms. The second-order valence-electron chi connectivity index (χ2n) is 4.42. The summed E-state index contributed by atoms with van der Waals surface area (Å²) in [4.78, 5) is 42.5. The third-order valence-electron chi connectivity index (χ3n) is 2.73. The second-order valence-corrected chi connectivity index (χ2v) is 4.42. The van der Waals surface area contributed by atoms with Crippen molar-refractivity contribution in [3.8, 4) is 0 Å². The van der Waals surface area contributed by atoms with E-state index < -0.39 is 17.2 Å². The number of amides is 1. The summed E-state index contributed by atoms with van der Waals surface area (Å²) in [6, 6.07) is 3.56. The van der Waals surface area contributed by atoms with Crippen molar-refractivity contribution in [3.63, 3.8) is 0 Å². The zero-order valence-corrected chi connectivity index (χ0v) is 10.8. The van der Waals surface area contributed by atoms with Gasteiger partial charge in [-0.25, -0.2) is 4.79 Å². The normalized spacial score (nSPS) is 11.8. The number of carbonyl (C=O) groups is 1. The second kappa shape index (κ2) is 5.96. The molecule has 2 aromatic rings. The summed E-state index contributed by atoms with van der Waals surface area (Å²) < 4.78 is 0. The van der Waals surface area contributed by atoms with Gasteiger partial charge in [-0.2, -0.15) is 0 Å². The Hall–Kier alpha value is -2.70. The van der Waals surface area contributed by atoms with Crippen molar-refractivity contribution in [2.75, 3.05) is 0 Å². The maximum Gasteiger partial charge on any atom is 0.325 e. The van der Waals surface area contributed by atoms with Crippen LogP contribution in [0.4, 0.5) is 0 Å². The first kappa shape index (κ1) is 13.7. The van der Waals surface area contributed by atoms with Gasteiger partial charge in [0.2, 0.25) is 0 Å². The lowest BCUT2D eigenvalue weighted by Gasteiger charge is -2.13. The van der Waals surface area contributed by atoms with Crippen LogP contribution in [-0.4, -0.2) is 26.9 Å². The van der Waals surface area contributed by atoms with Crippen LogP contribution in [0.1, 0.15) is 22.8 Å². The fourth-order valence-electron chi connectivity index (χ4n) is 1.80. The first-order valence-corrected chi connectivity index (χ1v) is 6.08. The molecular formula is C13H14N4O3. The van der Waals surface area contributed by atoms with Crippen molar-refractivity contribution >= 4 is 5.91 Å². The summed E-state index contributed by atoms with van der Waals surface area (Å²) >= 11 is 0. The summed E-state index contributed by atoms with van der Waals surface area (Å²) in [6.07, 6.45) is 5.08. The number of hydrogen-bond acceptors (Lipinski definition) is 4. The summed E-state index contributed by atoms with van der Waals surface area (Å²) in [5.74, 6) is -0.524. The molecule has 0 aliphatic rings. The van der Waals surface area contributed by atoms with Crippen molar-refractivity contribution in [1.29, 1.82) is 0 Å². The van der Waals surface area contributed by atoms with Crippen molar-refractivity contribution < 1.29 is 4.79 Å². The number of pyridine rings is 1. The molecule has 3 N–H and O–H groups in total. The number of aromatic nitrogens is 3. The molecule has 0 aliphatic carbocycles. The lowest BCUT2D eigenvalue weighted by Crippen LogP contribution is -2.38. The van der Waals surface area contributed by atoms with E-state index in [4.69, 9.17) is 0 Å². The molecular weight excluding hydrogens is 260 g/mol. The van der Waals surface area contributed by atoms with E-state index >= 15 is 0 Å². The van der Waals surface area contributed by atoms with Crippen LogP contribution in [0.2, 0.25) is 0 Å². The molecule has 0 saturated heterocycles. The van der Waals surface area contributed by atoms with E-state index in [0.29, 0.717) is 6.42 Å². The molecule has 0 unspecified atom stereocenters. The van der Waals surface area contributed by atoms with Crippen molar-refractivity contribution in [2.45, 2.75) is 19.4 Å². The quantitative estimate of drug-likeness (QED) is 0.718. The van der Waals surface area contributed by atoms with E-state index in [1.165, 1.54) is 0 Å². The van der Waals surface area contributed by atoms with Crippen LogP contribution in [0, 0.1) is 0 Å². The van der Waals surface area contributed by atoms with Crippen LogP contribution >= 0.6 is 0 Å². The van der Waals surface area contributed by atoms with Gasteiger partial charge in [-0.3, -0.25) is 19.6 Å². The third kappa shape index (κ3) is 3.41. The molecule has 0 radical (unpaired) electrons. The number of nitrogens with one attached hydrogen (secondary N) is 3. The lowest BCUT2D eigenvalue weighted by molar-refractivity contribution is 0.0938. The Labute approximate surface area is 114 Å². The predicted octanol–water partition coefficient (Wildman–Crippen LogP) is -0.181. The molecule has 2 heterocycles. The molecule has 2 rings (SSSR count). The van der Waals surface area contributed by atoms with E-state index in [1.807, 2.05) is 24.0 Å². The first-order chi connectivity index (χ1) is 9.56.